The Labute approximate surface area is 426 Å². The molecule has 0 unspecified atom stereocenters. The molecule has 0 fully saturated rings. The second kappa shape index (κ2) is 29.5. The molecule has 368 valence electrons. The Morgan fingerprint density at radius 1 is 0.384 bits per heavy atom. The minimum absolute atomic E-state index is 0.0150. The molecular formula is C42H39B7N4O20. The van der Waals surface area contributed by atoms with E-state index in [1.54, 1.807) is 14.1 Å². The van der Waals surface area contributed by atoms with Gasteiger partial charge < -0.3 is 57.2 Å². The van der Waals surface area contributed by atoms with E-state index in [1.165, 1.54) is 48.3 Å². The molecule has 3 aromatic carbocycles. The minimum atomic E-state index is -1.26. The lowest BCUT2D eigenvalue weighted by atomic mass is 10.0. The quantitative estimate of drug-likeness (QED) is 0.0952. The number of amides is 3. The number of ether oxygens (including phenoxy) is 10. The van der Waals surface area contributed by atoms with Crippen molar-refractivity contribution in [1.29, 1.82) is 0 Å². The third kappa shape index (κ3) is 22.0. The van der Waals surface area contributed by atoms with Gasteiger partial charge in [-0.3, -0.25) is 44.2 Å². The summed E-state index contributed by atoms with van der Waals surface area (Å²) in [4.78, 5) is 124. The van der Waals surface area contributed by atoms with Gasteiger partial charge in [0.1, 0.15) is 65.2 Å². The highest BCUT2D eigenvalue weighted by atomic mass is 16.6. The highest BCUT2D eigenvalue weighted by molar-refractivity contribution is 6.56. The summed E-state index contributed by atoms with van der Waals surface area (Å²) >= 11 is 0. The van der Waals surface area contributed by atoms with Crippen LogP contribution in [-0.4, -0.2) is 158 Å². The van der Waals surface area contributed by atoms with Gasteiger partial charge in [-0.2, -0.15) is 0 Å². The van der Waals surface area contributed by atoms with Crippen LogP contribution >= 0.6 is 0 Å². The van der Waals surface area contributed by atoms with E-state index in [0.717, 1.165) is 0 Å². The molecule has 3 amide bonds. The normalized spacial score (nSPS) is 10.4. The number of carbonyl (C=O) groups is 10. The van der Waals surface area contributed by atoms with E-state index >= 15 is 0 Å². The lowest BCUT2D eigenvalue weighted by molar-refractivity contribution is 0.149. The molecule has 2 N–H and O–H groups in total. The van der Waals surface area contributed by atoms with Gasteiger partial charge in [-0.05, 0) is 67.2 Å². The lowest BCUT2D eigenvalue weighted by Crippen LogP contribution is -2.35. The molecule has 3 rings (SSSR count). The summed E-state index contributed by atoms with van der Waals surface area (Å²) in [5, 5.41) is 4.89. The van der Waals surface area contributed by atoms with Crippen LogP contribution in [0.4, 0.5) is 59.3 Å². The Bertz CT molecular complexity index is 2450. The molecule has 0 aliphatic carbocycles. The average Bonchev–Trinajstić information content (AvgIpc) is 3.30. The smallest absolute Gasteiger partial charge is 0.415 e. The third-order valence-corrected chi connectivity index (χ3v) is 9.20. The summed E-state index contributed by atoms with van der Waals surface area (Å²) < 4.78 is 51.1. The van der Waals surface area contributed by atoms with Crippen molar-refractivity contribution < 1.29 is 95.3 Å². The maximum absolute atomic E-state index is 13.5. The second-order valence-corrected chi connectivity index (χ2v) is 15.1. The lowest BCUT2D eigenvalue weighted by Gasteiger charge is -2.22. The summed E-state index contributed by atoms with van der Waals surface area (Å²) in [6, 6.07) is 7.92. The van der Waals surface area contributed by atoms with Crippen molar-refractivity contribution in [2.75, 3.05) is 44.9 Å². The van der Waals surface area contributed by atoms with Crippen molar-refractivity contribution >= 4 is 126 Å². The summed E-state index contributed by atoms with van der Waals surface area (Å²) in [7, 11) is 41.3. The first kappa shape index (κ1) is 59.5. The van der Waals surface area contributed by atoms with Crippen LogP contribution in [0.1, 0.15) is 50.1 Å². The Balaban J connectivity index is 2.00. The fourth-order valence-electron chi connectivity index (χ4n) is 6.11. The highest BCUT2D eigenvalue weighted by Crippen LogP contribution is 2.31. The Morgan fingerprint density at radius 2 is 0.644 bits per heavy atom. The maximum atomic E-state index is 13.5. The van der Waals surface area contributed by atoms with Crippen LogP contribution in [0.2, 0.25) is 0 Å². The van der Waals surface area contributed by atoms with E-state index in [1.807, 2.05) is 4.90 Å². The van der Waals surface area contributed by atoms with Gasteiger partial charge in [0.05, 0.1) is 11.4 Å². The van der Waals surface area contributed by atoms with Crippen LogP contribution < -0.4 is 15.4 Å². The molecule has 0 aromatic heterocycles. The molecule has 0 bridgehead atoms. The van der Waals surface area contributed by atoms with Crippen molar-refractivity contribution in [3.8, 4) is 5.75 Å². The Kier molecular flexibility index (Phi) is 24.0. The van der Waals surface area contributed by atoms with Crippen LogP contribution in [0, 0.1) is 0 Å². The van der Waals surface area contributed by atoms with Gasteiger partial charge in [0, 0.05) is 53.5 Å². The van der Waals surface area contributed by atoms with Crippen molar-refractivity contribution in [2.24, 2.45) is 0 Å². The predicted octanol–water partition coefficient (Wildman–Crippen LogP) is 3.81. The van der Waals surface area contributed by atoms with Crippen LogP contribution in [0.5, 0.6) is 5.75 Å². The zero-order valence-corrected chi connectivity index (χ0v) is 39.3. The maximum Gasteiger partial charge on any atom is 0.415 e. The van der Waals surface area contributed by atoms with E-state index in [0.29, 0.717) is 6.54 Å². The zero-order chi connectivity index (χ0) is 54.4. The fraction of sp³-hybridized carbons (Fsp3) is 0.333. The number of likely N-dealkylation sites (N-methyl/N-ethyl adjacent to an activating group) is 2. The van der Waals surface area contributed by atoms with Crippen molar-refractivity contribution in [3.05, 3.63) is 86.5 Å². The van der Waals surface area contributed by atoms with E-state index < -0.39 is 119 Å². The minimum Gasteiger partial charge on any atom is -0.470 e. The molecule has 0 heterocycles. The molecule has 14 radical (unpaired) electrons. The van der Waals surface area contributed by atoms with Crippen LogP contribution in [0.25, 0.3) is 0 Å². The first-order chi connectivity index (χ1) is 34.4. The second-order valence-electron chi connectivity index (χ2n) is 15.1. The van der Waals surface area contributed by atoms with E-state index in [4.69, 9.17) is 102 Å². The number of hydrogen-bond donors (Lipinski definition) is 2. The fourth-order valence-corrected chi connectivity index (χ4v) is 6.11. The third-order valence-electron chi connectivity index (χ3n) is 9.20. The van der Waals surface area contributed by atoms with Gasteiger partial charge >= 0.3 is 18.3 Å². The average molecular weight is 995 g/mol. The van der Waals surface area contributed by atoms with E-state index in [9.17, 15) is 47.9 Å². The van der Waals surface area contributed by atoms with E-state index in [-0.39, 0.29) is 73.7 Å². The van der Waals surface area contributed by atoms with E-state index in [2.05, 4.69) is 10.6 Å². The van der Waals surface area contributed by atoms with Gasteiger partial charge in [-0.1, -0.05) is 0 Å². The zero-order valence-electron chi connectivity index (χ0n) is 39.3. The molecule has 3 aromatic rings. The van der Waals surface area contributed by atoms with Crippen LogP contribution in [0.3, 0.4) is 0 Å². The molecule has 0 atom stereocenters. The first-order valence-corrected chi connectivity index (χ1v) is 20.7. The standard InChI is InChI=1S/C42H39B7N4O20/c1-52(2)4-5-53(3)42(63)73-32-28(19-69-38(48)59)10-23(11-29(32)20-70-39(49)60)14-72-41(62)51-31-26(17-67-36(46)57)8-22(9-27(31)18-68-37(47)58)13-71-40(61)50-30-24(15-65-34(44)55)6-21(12-64-33(43)54)7-25(30)16-66-35(45)56/h6-11H,4-5,12-20H2,1-3H3,(H,50,61)(H,51,62). The summed E-state index contributed by atoms with van der Waals surface area (Å²) in [5.41, 5.74) is 0.219. The number of hydrogen-bond acceptors (Lipinski definition) is 21. The molecule has 0 saturated carbocycles. The molecule has 0 saturated heterocycles. The largest absolute Gasteiger partial charge is 0.470 e. The molecule has 73 heavy (non-hydrogen) atoms. The Hall–Kier alpha value is -7.83. The van der Waals surface area contributed by atoms with Gasteiger partial charge in [-0.25, -0.2) is 14.4 Å². The van der Waals surface area contributed by atoms with Gasteiger partial charge in [-0.15, -0.1) is 0 Å². The molecule has 24 nitrogen and oxygen atoms in total. The van der Waals surface area contributed by atoms with Crippen molar-refractivity contribution in [3.63, 3.8) is 0 Å². The number of anilines is 2. The summed E-state index contributed by atoms with van der Waals surface area (Å²) in [6.45, 7) is -4.46. The van der Waals surface area contributed by atoms with Gasteiger partial charge in [0.25, 0.3) is 0 Å². The predicted molar refractivity (Wildman–Crippen MR) is 256 cm³/mol. The number of carbonyl (C=O) groups excluding carboxylic acids is 10. The number of nitrogens with one attached hydrogen (secondary N) is 2. The van der Waals surface area contributed by atoms with Crippen LogP contribution in [-0.2, 0) is 102 Å². The SMILES string of the molecule is [B]C(=O)OCc1cc(COC([B])=O)c(NC(=O)OCc2cc(COC([B])=O)c(NC(=O)OCc3cc(COC([B])=O)c(OC(=O)N(C)CCN(C)C)c(COC([B])=O)c3)c(COC([B])=O)c2)c(COC([B])=O)c1. The van der Waals surface area contributed by atoms with Crippen molar-refractivity contribution in [1.82, 2.24) is 9.80 Å². The number of benzene rings is 3. The molecule has 0 spiro atoms. The van der Waals surface area contributed by atoms with Gasteiger partial charge in [0.2, 0.25) is 96.0 Å². The summed E-state index contributed by atoms with van der Waals surface area (Å²) in [5.74, 6) is -8.67. The number of rotatable bonds is 24. The Morgan fingerprint density at radius 3 is 0.932 bits per heavy atom. The monoisotopic (exact) mass is 996 g/mol. The molecule has 0 aliphatic heterocycles. The highest BCUT2D eigenvalue weighted by Gasteiger charge is 2.23. The summed E-state index contributed by atoms with van der Waals surface area (Å²) in [6.07, 6.45) is -3.21. The van der Waals surface area contributed by atoms with Gasteiger partial charge in [0.15, 0.2) is 0 Å². The van der Waals surface area contributed by atoms with Crippen molar-refractivity contribution in [2.45, 2.75) is 59.5 Å². The molecule has 0 aliphatic rings. The first-order valence-electron chi connectivity index (χ1n) is 20.7. The topological polar surface area (TPSA) is 294 Å². The molecular weight excluding hydrogens is 956 g/mol. The number of nitrogens with zero attached hydrogens (tertiary/aromatic N) is 2. The van der Waals surface area contributed by atoms with Crippen LogP contribution in [0.15, 0.2) is 36.4 Å². The molecule has 31 heteroatoms.